The van der Waals surface area contributed by atoms with Gasteiger partial charge in [-0.25, -0.2) is 4.39 Å². The minimum absolute atomic E-state index is 0.214. The van der Waals surface area contributed by atoms with Gasteiger partial charge in [0.25, 0.3) is 5.69 Å². The third kappa shape index (κ3) is 3.94. The van der Waals surface area contributed by atoms with Crippen molar-refractivity contribution in [3.05, 3.63) is 63.5 Å². The predicted octanol–water partition coefficient (Wildman–Crippen LogP) is 2.89. The van der Waals surface area contributed by atoms with E-state index < -0.39 is 40.6 Å². The molecule has 26 heavy (non-hydrogen) atoms. The van der Waals surface area contributed by atoms with Crippen LogP contribution in [0.25, 0.3) is 0 Å². The van der Waals surface area contributed by atoms with Gasteiger partial charge in [-0.1, -0.05) is 12.1 Å². The number of carbonyl (C=O) groups is 2. The van der Waals surface area contributed by atoms with Crippen LogP contribution in [0, 0.1) is 15.9 Å². The number of non-ortho nitro benzene ring substituents is 1. The van der Waals surface area contributed by atoms with E-state index in [1.807, 2.05) is 0 Å². The highest BCUT2D eigenvalue weighted by atomic mass is 19.1. The zero-order valence-corrected chi connectivity index (χ0v) is 13.5. The smallest absolute Gasteiger partial charge is 0.304 e. The molecule has 2 N–H and O–H groups in total. The summed E-state index contributed by atoms with van der Waals surface area (Å²) in [5.41, 5.74) is -0.319. The van der Waals surface area contributed by atoms with Gasteiger partial charge in [-0.15, -0.1) is 0 Å². The molecule has 0 aliphatic carbocycles. The molecular formula is C17H14FNO7. The quantitative estimate of drug-likeness (QED) is 0.440. The molecule has 1 atom stereocenters. The average Bonchev–Trinajstić information content (AvgIpc) is 2.59. The van der Waals surface area contributed by atoms with Gasteiger partial charge in [0.15, 0.2) is 17.3 Å². The maximum Gasteiger partial charge on any atom is 0.304 e. The molecule has 2 rings (SSSR count). The number of ether oxygens (including phenoxy) is 1. The van der Waals surface area contributed by atoms with Gasteiger partial charge in [-0.05, 0) is 11.6 Å². The molecule has 0 fully saturated rings. The van der Waals surface area contributed by atoms with Gasteiger partial charge in [0.2, 0.25) is 0 Å². The van der Waals surface area contributed by atoms with Crippen LogP contribution in [-0.2, 0) is 4.79 Å². The van der Waals surface area contributed by atoms with Crippen molar-refractivity contribution in [1.82, 2.24) is 0 Å². The molecule has 0 radical (unpaired) electrons. The number of halogens is 1. The van der Waals surface area contributed by atoms with Gasteiger partial charge in [0, 0.05) is 18.2 Å². The normalized spacial score (nSPS) is 11.6. The number of nitrogens with zero attached hydrogens (tertiary/aromatic N) is 1. The first-order valence-electron chi connectivity index (χ1n) is 7.31. The van der Waals surface area contributed by atoms with Crippen molar-refractivity contribution >= 4 is 17.4 Å². The topological polar surface area (TPSA) is 127 Å². The summed E-state index contributed by atoms with van der Waals surface area (Å²) < 4.78 is 18.4. The fourth-order valence-corrected chi connectivity index (χ4v) is 2.45. The van der Waals surface area contributed by atoms with Crippen LogP contribution in [0.3, 0.4) is 0 Å². The van der Waals surface area contributed by atoms with E-state index in [4.69, 9.17) is 9.84 Å². The number of aliphatic carboxylic acids is 1. The number of carboxylic acids is 1. The van der Waals surface area contributed by atoms with Gasteiger partial charge < -0.3 is 14.9 Å². The second kappa shape index (κ2) is 7.60. The highest BCUT2D eigenvalue weighted by Crippen LogP contribution is 2.33. The van der Waals surface area contributed by atoms with E-state index in [2.05, 4.69) is 0 Å². The number of benzene rings is 2. The molecule has 2 aromatic rings. The zero-order chi connectivity index (χ0) is 19.4. The van der Waals surface area contributed by atoms with Crippen LogP contribution in [0.1, 0.15) is 28.3 Å². The van der Waals surface area contributed by atoms with Gasteiger partial charge in [-0.3, -0.25) is 19.7 Å². The third-order valence-electron chi connectivity index (χ3n) is 3.74. The molecule has 9 heteroatoms. The van der Waals surface area contributed by atoms with E-state index in [1.54, 1.807) is 0 Å². The molecule has 136 valence electrons. The summed E-state index contributed by atoms with van der Waals surface area (Å²) >= 11 is 0. The number of phenols is 1. The van der Waals surface area contributed by atoms with E-state index in [9.17, 15) is 29.2 Å². The van der Waals surface area contributed by atoms with Crippen molar-refractivity contribution in [3.8, 4) is 11.5 Å². The Balaban J connectivity index is 2.48. The number of ketones is 1. The van der Waals surface area contributed by atoms with E-state index in [0.29, 0.717) is 6.07 Å². The van der Waals surface area contributed by atoms with Crippen molar-refractivity contribution in [3.63, 3.8) is 0 Å². The Morgan fingerprint density at radius 3 is 2.38 bits per heavy atom. The monoisotopic (exact) mass is 363 g/mol. The molecular weight excluding hydrogens is 349 g/mol. The summed E-state index contributed by atoms with van der Waals surface area (Å²) in [6, 6.07) is 6.49. The number of hydrogen-bond donors (Lipinski definition) is 2. The highest BCUT2D eigenvalue weighted by molar-refractivity contribution is 6.04. The fraction of sp³-hybridized carbons (Fsp3) is 0.176. The molecule has 0 amide bonds. The minimum Gasteiger partial charge on any atom is -0.507 e. The Kier molecular flexibility index (Phi) is 5.51. The third-order valence-corrected chi connectivity index (χ3v) is 3.74. The van der Waals surface area contributed by atoms with Crippen LogP contribution >= 0.6 is 0 Å². The van der Waals surface area contributed by atoms with Crippen LogP contribution in [0.15, 0.2) is 36.4 Å². The Bertz CT molecular complexity index is 864. The molecule has 0 aromatic heterocycles. The standard InChI is InChI=1S/C17H14FNO7/c1-26-15-6-12(14(20)8-13(15)18)17(23)11(7-16(21)22)9-2-4-10(5-3-9)19(24)25/h2-6,8,11,20H,7H2,1H3,(H,21,22). The lowest BCUT2D eigenvalue weighted by molar-refractivity contribution is -0.384. The predicted molar refractivity (Wildman–Crippen MR) is 87.0 cm³/mol. The number of methoxy groups -OCH3 is 1. The number of aromatic hydroxyl groups is 1. The minimum atomic E-state index is -1.28. The van der Waals surface area contributed by atoms with Gasteiger partial charge in [0.05, 0.1) is 29.9 Å². The molecule has 0 saturated carbocycles. The Labute approximate surface area is 146 Å². The number of nitro groups is 1. The zero-order valence-electron chi connectivity index (χ0n) is 13.5. The van der Waals surface area contributed by atoms with Crippen molar-refractivity contribution < 1.29 is 33.9 Å². The van der Waals surface area contributed by atoms with Crippen LogP contribution < -0.4 is 4.74 Å². The molecule has 0 aliphatic rings. The SMILES string of the molecule is COc1cc(C(=O)C(CC(=O)O)c2ccc([N+](=O)[O-])cc2)c(O)cc1F. The molecule has 2 aromatic carbocycles. The Hall–Kier alpha value is -3.49. The Morgan fingerprint density at radius 2 is 1.88 bits per heavy atom. The maximum absolute atomic E-state index is 13.6. The maximum atomic E-state index is 13.6. The first-order chi connectivity index (χ1) is 12.2. The van der Waals surface area contributed by atoms with E-state index in [0.717, 1.165) is 18.2 Å². The fourth-order valence-electron chi connectivity index (χ4n) is 2.45. The number of Topliss-reactive ketones (excluding diaryl/α,β-unsaturated/α-hetero) is 1. The van der Waals surface area contributed by atoms with Crippen LogP contribution in [0.2, 0.25) is 0 Å². The van der Waals surface area contributed by atoms with Gasteiger partial charge >= 0.3 is 5.97 Å². The molecule has 0 spiro atoms. The number of phenolic OH excluding ortho intramolecular Hbond substituents is 1. The number of carbonyl (C=O) groups excluding carboxylic acids is 1. The number of hydrogen-bond acceptors (Lipinski definition) is 6. The summed E-state index contributed by atoms with van der Waals surface area (Å²) in [5, 5.41) is 29.7. The molecule has 0 heterocycles. The van der Waals surface area contributed by atoms with Crippen molar-refractivity contribution in [1.29, 1.82) is 0 Å². The average molecular weight is 363 g/mol. The van der Waals surface area contributed by atoms with Gasteiger partial charge in [0.1, 0.15) is 5.75 Å². The van der Waals surface area contributed by atoms with E-state index in [1.165, 1.54) is 19.2 Å². The lowest BCUT2D eigenvalue weighted by Crippen LogP contribution is -2.17. The number of carboxylic acid groups (broad SMARTS) is 1. The molecule has 0 aliphatic heterocycles. The van der Waals surface area contributed by atoms with Gasteiger partial charge in [-0.2, -0.15) is 0 Å². The van der Waals surface area contributed by atoms with Crippen molar-refractivity contribution in [2.45, 2.75) is 12.3 Å². The summed E-state index contributed by atoms with van der Waals surface area (Å²) in [5.74, 6) is -5.12. The lowest BCUT2D eigenvalue weighted by atomic mass is 9.87. The first kappa shape index (κ1) is 18.8. The van der Waals surface area contributed by atoms with Crippen molar-refractivity contribution in [2.24, 2.45) is 0 Å². The van der Waals surface area contributed by atoms with Crippen LogP contribution in [0.5, 0.6) is 11.5 Å². The van der Waals surface area contributed by atoms with E-state index in [-0.39, 0.29) is 22.6 Å². The first-order valence-corrected chi connectivity index (χ1v) is 7.31. The second-order valence-corrected chi connectivity index (χ2v) is 5.37. The molecule has 0 bridgehead atoms. The Morgan fingerprint density at radius 1 is 1.27 bits per heavy atom. The van der Waals surface area contributed by atoms with Crippen molar-refractivity contribution in [2.75, 3.05) is 7.11 Å². The summed E-state index contributed by atoms with van der Waals surface area (Å²) in [7, 11) is 1.18. The molecule has 0 saturated heterocycles. The largest absolute Gasteiger partial charge is 0.507 e. The number of nitro benzene ring substituents is 1. The highest BCUT2D eigenvalue weighted by Gasteiger charge is 2.28. The summed E-state index contributed by atoms with van der Waals surface area (Å²) in [6.07, 6.45) is -0.615. The second-order valence-electron chi connectivity index (χ2n) is 5.37. The molecule has 1 unspecified atom stereocenters. The summed E-state index contributed by atoms with van der Waals surface area (Å²) in [4.78, 5) is 34.0. The van der Waals surface area contributed by atoms with Crippen LogP contribution in [-0.4, -0.2) is 34.0 Å². The summed E-state index contributed by atoms with van der Waals surface area (Å²) in [6.45, 7) is 0. The van der Waals surface area contributed by atoms with Crippen LogP contribution in [0.4, 0.5) is 10.1 Å². The van der Waals surface area contributed by atoms with E-state index >= 15 is 0 Å². The lowest BCUT2D eigenvalue weighted by Gasteiger charge is -2.16. The molecule has 8 nitrogen and oxygen atoms in total. The number of rotatable bonds is 7.